The van der Waals surface area contributed by atoms with Crippen LogP contribution in [0.3, 0.4) is 0 Å². The summed E-state index contributed by atoms with van der Waals surface area (Å²) >= 11 is 0. The summed E-state index contributed by atoms with van der Waals surface area (Å²) in [5.74, 6) is 0.0111. The smallest absolute Gasteiger partial charge is 0.289 e. The van der Waals surface area contributed by atoms with E-state index in [0.717, 1.165) is 19.1 Å². The molecular formula is C14H23NO5S. The van der Waals surface area contributed by atoms with E-state index in [1.54, 1.807) is 12.0 Å². The maximum absolute atomic E-state index is 12.4. The number of unbranched alkanes of at least 4 members (excludes halogenated alkanes) is 1. The molecule has 7 heteroatoms. The van der Waals surface area contributed by atoms with Gasteiger partial charge in [0.15, 0.2) is 15.6 Å². The van der Waals surface area contributed by atoms with Crippen molar-refractivity contribution >= 4 is 15.7 Å². The number of amides is 1. The Morgan fingerprint density at radius 1 is 1.33 bits per heavy atom. The Bertz CT molecular complexity index is 541. The predicted molar refractivity (Wildman–Crippen MR) is 79.9 cm³/mol. The van der Waals surface area contributed by atoms with Crippen molar-refractivity contribution < 1.29 is 22.4 Å². The van der Waals surface area contributed by atoms with Gasteiger partial charge in [0, 0.05) is 26.5 Å². The molecule has 6 nitrogen and oxygen atoms in total. The molecule has 21 heavy (non-hydrogen) atoms. The second-order valence-electron chi connectivity index (χ2n) is 4.97. The minimum atomic E-state index is -3.18. The van der Waals surface area contributed by atoms with Crippen LogP contribution in [0.25, 0.3) is 0 Å². The molecule has 1 rings (SSSR count). The average Bonchev–Trinajstić information content (AvgIpc) is 2.84. The molecular weight excluding hydrogens is 294 g/mol. The molecule has 0 atom stereocenters. The largest absolute Gasteiger partial charge is 0.455 e. The summed E-state index contributed by atoms with van der Waals surface area (Å²) in [5.41, 5.74) is 0. The first kappa shape index (κ1) is 17.7. The van der Waals surface area contributed by atoms with Gasteiger partial charge in [-0.05, 0) is 18.6 Å². The lowest BCUT2D eigenvalue weighted by atomic mass is 10.3. The molecule has 0 bridgehead atoms. The molecule has 0 radical (unpaired) electrons. The minimum absolute atomic E-state index is 0.167. The fourth-order valence-electron chi connectivity index (χ4n) is 1.85. The molecule has 0 aliphatic carbocycles. The molecule has 1 aromatic rings. The minimum Gasteiger partial charge on any atom is -0.455 e. The molecule has 0 unspecified atom stereocenters. The summed E-state index contributed by atoms with van der Waals surface area (Å²) in [5, 5.41) is 0. The second kappa shape index (κ2) is 8.19. The highest BCUT2D eigenvalue weighted by atomic mass is 32.2. The van der Waals surface area contributed by atoms with E-state index < -0.39 is 9.84 Å². The standard InChI is InChI=1S/C14H23NO5S/c1-4-5-8-15(9-10-19-2)14(16)13-7-6-12(20-13)11-21(3,17)18/h6-7H,4-5,8-11H2,1-3H3. The van der Waals surface area contributed by atoms with E-state index in [9.17, 15) is 13.2 Å². The van der Waals surface area contributed by atoms with Gasteiger partial charge in [-0.15, -0.1) is 0 Å². The van der Waals surface area contributed by atoms with E-state index in [1.165, 1.54) is 12.1 Å². The maximum atomic E-state index is 12.4. The summed E-state index contributed by atoms with van der Waals surface area (Å²) in [6.07, 6.45) is 3.00. The predicted octanol–water partition coefficient (Wildman–Crippen LogP) is 1.71. The van der Waals surface area contributed by atoms with Gasteiger partial charge in [0.25, 0.3) is 5.91 Å². The van der Waals surface area contributed by atoms with Gasteiger partial charge in [0.2, 0.25) is 0 Å². The van der Waals surface area contributed by atoms with E-state index in [0.29, 0.717) is 19.7 Å². The fourth-order valence-corrected chi connectivity index (χ4v) is 2.52. The number of ether oxygens (including phenoxy) is 1. The fraction of sp³-hybridized carbons (Fsp3) is 0.643. The van der Waals surface area contributed by atoms with E-state index in [4.69, 9.17) is 9.15 Å². The average molecular weight is 317 g/mol. The van der Waals surface area contributed by atoms with Gasteiger partial charge in [0.1, 0.15) is 11.5 Å². The Balaban J connectivity index is 2.78. The highest BCUT2D eigenvalue weighted by Gasteiger charge is 2.19. The topological polar surface area (TPSA) is 76.8 Å². The molecule has 0 N–H and O–H groups in total. The Hall–Kier alpha value is -1.34. The summed E-state index contributed by atoms with van der Waals surface area (Å²) < 4.78 is 32.8. The normalized spacial score (nSPS) is 11.6. The summed E-state index contributed by atoms with van der Waals surface area (Å²) in [7, 11) is -1.59. The zero-order chi connectivity index (χ0) is 15.9. The summed E-state index contributed by atoms with van der Waals surface area (Å²) in [6.45, 7) is 3.61. The third-order valence-corrected chi connectivity index (χ3v) is 3.72. The first-order chi connectivity index (χ1) is 9.87. The zero-order valence-electron chi connectivity index (χ0n) is 12.8. The number of sulfone groups is 1. The van der Waals surface area contributed by atoms with Gasteiger partial charge in [-0.3, -0.25) is 4.79 Å². The lowest BCUT2D eigenvalue weighted by Gasteiger charge is -2.20. The van der Waals surface area contributed by atoms with Crippen LogP contribution in [0.15, 0.2) is 16.5 Å². The Morgan fingerprint density at radius 2 is 2.05 bits per heavy atom. The van der Waals surface area contributed by atoms with Gasteiger partial charge >= 0.3 is 0 Å². The van der Waals surface area contributed by atoms with Crippen molar-refractivity contribution in [3.8, 4) is 0 Å². The third kappa shape index (κ3) is 6.31. The number of hydrogen-bond acceptors (Lipinski definition) is 5. The van der Waals surface area contributed by atoms with Crippen molar-refractivity contribution in [2.45, 2.75) is 25.5 Å². The molecule has 1 amide bonds. The molecule has 0 saturated heterocycles. The molecule has 0 aliphatic rings. The van der Waals surface area contributed by atoms with E-state index >= 15 is 0 Å². The third-order valence-electron chi connectivity index (χ3n) is 2.91. The van der Waals surface area contributed by atoms with Gasteiger partial charge in [-0.2, -0.15) is 0 Å². The first-order valence-corrected chi connectivity index (χ1v) is 8.98. The van der Waals surface area contributed by atoms with Crippen LogP contribution in [0.4, 0.5) is 0 Å². The summed E-state index contributed by atoms with van der Waals surface area (Å²) in [6, 6.07) is 3.05. The lowest BCUT2D eigenvalue weighted by Crippen LogP contribution is -2.34. The van der Waals surface area contributed by atoms with Crippen LogP contribution in [-0.4, -0.2) is 52.3 Å². The summed E-state index contributed by atoms with van der Waals surface area (Å²) in [4.78, 5) is 14.0. The van der Waals surface area contributed by atoms with Crippen LogP contribution in [0.5, 0.6) is 0 Å². The number of nitrogens with zero attached hydrogens (tertiary/aromatic N) is 1. The molecule has 1 aromatic heterocycles. The number of furan rings is 1. The van der Waals surface area contributed by atoms with Crippen LogP contribution in [0.2, 0.25) is 0 Å². The van der Waals surface area contributed by atoms with Crippen LogP contribution in [0.1, 0.15) is 36.1 Å². The monoisotopic (exact) mass is 317 g/mol. The number of carbonyl (C=O) groups is 1. The first-order valence-electron chi connectivity index (χ1n) is 6.92. The molecule has 0 saturated carbocycles. The maximum Gasteiger partial charge on any atom is 0.289 e. The Kier molecular flexibility index (Phi) is 6.91. The van der Waals surface area contributed by atoms with E-state index in [2.05, 4.69) is 6.92 Å². The van der Waals surface area contributed by atoms with Crippen molar-refractivity contribution in [3.05, 3.63) is 23.7 Å². The van der Waals surface area contributed by atoms with Gasteiger partial charge < -0.3 is 14.1 Å². The highest BCUT2D eigenvalue weighted by molar-refractivity contribution is 7.89. The van der Waals surface area contributed by atoms with Crippen LogP contribution >= 0.6 is 0 Å². The SMILES string of the molecule is CCCCN(CCOC)C(=O)c1ccc(CS(C)(=O)=O)o1. The Labute approximate surface area is 126 Å². The lowest BCUT2D eigenvalue weighted by molar-refractivity contribution is 0.0660. The van der Waals surface area contributed by atoms with Crippen molar-refractivity contribution in [3.63, 3.8) is 0 Å². The molecule has 0 spiro atoms. The number of rotatable bonds is 9. The molecule has 0 aliphatic heterocycles. The van der Waals surface area contributed by atoms with Crippen molar-refractivity contribution in [2.75, 3.05) is 33.1 Å². The van der Waals surface area contributed by atoms with Crippen LogP contribution in [0, 0.1) is 0 Å². The van der Waals surface area contributed by atoms with E-state index in [1.807, 2.05) is 0 Å². The van der Waals surface area contributed by atoms with Crippen LogP contribution in [-0.2, 0) is 20.3 Å². The molecule has 120 valence electrons. The van der Waals surface area contributed by atoms with Crippen LogP contribution < -0.4 is 0 Å². The quantitative estimate of drug-likeness (QED) is 0.693. The van der Waals surface area contributed by atoms with Gasteiger partial charge in [-0.1, -0.05) is 13.3 Å². The van der Waals surface area contributed by atoms with Gasteiger partial charge in [-0.25, -0.2) is 8.42 Å². The second-order valence-corrected chi connectivity index (χ2v) is 7.11. The van der Waals surface area contributed by atoms with Crippen molar-refractivity contribution in [2.24, 2.45) is 0 Å². The van der Waals surface area contributed by atoms with E-state index in [-0.39, 0.29) is 23.2 Å². The van der Waals surface area contributed by atoms with Gasteiger partial charge in [0.05, 0.1) is 6.61 Å². The Morgan fingerprint density at radius 3 is 2.62 bits per heavy atom. The number of methoxy groups -OCH3 is 1. The molecule has 0 fully saturated rings. The zero-order valence-corrected chi connectivity index (χ0v) is 13.6. The van der Waals surface area contributed by atoms with Crippen molar-refractivity contribution in [1.29, 1.82) is 0 Å². The highest BCUT2D eigenvalue weighted by Crippen LogP contribution is 2.13. The number of hydrogen-bond donors (Lipinski definition) is 0. The molecule has 1 heterocycles. The van der Waals surface area contributed by atoms with Crippen molar-refractivity contribution in [1.82, 2.24) is 4.90 Å². The number of carbonyl (C=O) groups excluding carboxylic acids is 1. The molecule has 0 aromatic carbocycles.